The van der Waals surface area contributed by atoms with Gasteiger partial charge in [-0.05, 0) is 13.3 Å². The van der Waals surface area contributed by atoms with Crippen molar-refractivity contribution in [3.05, 3.63) is 11.6 Å². The van der Waals surface area contributed by atoms with E-state index in [0.29, 0.717) is 19.8 Å². The number of amides is 1. The summed E-state index contributed by atoms with van der Waals surface area (Å²) in [6.45, 7) is 4.05. The Morgan fingerprint density at radius 3 is 3.11 bits per heavy atom. The molecule has 3 heterocycles. The Labute approximate surface area is 111 Å². The number of rotatable bonds is 2. The number of hydrogen-bond donors (Lipinski definition) is 1. The maximum absolute atomic E-state index is 12.0. The molecule has 1 aromatic heterocycles. The molecule has 0 aromatic carbocycles. The first-order valence-electron chi connectivity index (χ1n) is 6.62. The van der Waals surface area contributed by atoms with Gasteiger partial charge in [0.1, 0.15) is 11.6 Å². The molecule has 0 radical (unpaired) electrons. The lowest BCUT2D eigenvalue weighted by Gasteiger charge is -2.28. The van der Waals surface area contributed by atoms with Crippen LogP contribution in [0.2, 0.25) is 0 Å². The van der Waals surface area contributed by atoms with E-state index in [2.05, 4.69) is 20.1 Å². The molecule has 3 rings (SSSR count). The molecule has 1 saturated heterocycles. The molecule has 104 valence electrons. The standard InChI is InChI=1S/C12H18N4O3/c1-8-14-15-11-3-2-9(6-16(8)11)13-12(17)10-7-18-4-5-19-10/h9-10H,2-7H2,1H3,(H,13,17)/t9-,10-/m0/s1. The zero-order valence-corrected chi connectivity index (χ0v) is 11.0. The van der Waals surface area contributed by atoms with E-state index in [-0.39, 0.29) is 11.9 Å². The predicted molar refractivity (Wildman–Crippen MR) is 65.6 cm³/mol. The van der Waals surface area contributed by atoms with Crippen molar-refractivity contribution in [1.29, 1.82) is 0 Å². The topological polar surface area (TPSA) is 78.3 Å². The Morgan fingerprint density at radius 2 is 2.32 bits per heavy atom. The normalized spacial score (nSPS) is 26.8. The second kappa shape index (κ2) is 5.26. The number of aryl methyl sites for hydroxylation is 2. The third-order valence-electron chi connectivity index (χ3n) is 3.59. The van der Waals surface area contributed by atoms with Gasteiger partial charge in [-0.3, -0.25) is 4.79 Å². The Kier molecular flexibility index (Phi) is 3.48. The molecule has 0 unspecified atom stereocenters. The van der Waals surface area contributed by atoms with E-state index in [1.807, 2.05) is 6.92 Å². The summed E-state index contributed by atoms with van der Waals surface area (Å²) in [5, 5.41) is 11.2. The summed E-state index contributed by atoms with van der Waals surface area (Å²) in [6.07, 6.45) is 1.25. The second-order valence-electron chi connectivity index (χ2n) is 4.95. The largest absolute Gasteiger partial charge is 0.376 e. The highest BCUT2D eigenvalue weighted by molar-refractivity contribution is 5.81. The zero-order valence-electron chi connectivity index (χ0n) is 11.0. The van der Waals surface area contributed by atoms with Crippen LogP contribution in [-0.4, -0.2) is 52.6 Å². The van der Waals surface area contributed by atoms with Crippen LogP contribution in [0.25, 0.3) is 0 Å². The third kappa shape index (κ3) is 2.62. The SMILES string of the molecule is Cc1nnc2n1C[C@@H](NC(=O)[C@@H]1COCCO1)CC2. The molecule has 2 aliphatic rings. The van der Waals surface area contributed by atoms with Crippen LogP contribution in [0.4, 0.5) is 0 Å². The number of hydrogen-bond acceptors (Lipinski definition) is 5. The number of carbonyl (C=O) groups is 1. The molecular weight excluding hydrogens is 248 g/mol. The number of fused-ring (bicyclic) bond motifs is 1. The van der Waals surface area contributed by atoms with Crippen LogP contribution < -0.4 is 5.32 Å². The van der Waals surface area contributed by atoms with Crippen molar-refractivity contribution in [3.8, 4) is 0 Å². The van der Waals surface area contributed by atoms with Crippen molar-refractivity contribution in [2.24, 2.45) is 0 Å². The van der Waals surface area contributed by atoms with Gasteiger partial charge in [0.15, 0.2) is 6.10 Å². The van der Waals surface area contributed by atoms with E-state index in [1.54, 1.807) is 0 Å². The molecule has 1 amide bonds. The quantitative estimate of drug-likeness (QED) is 0.776. The number of aromatic nitrogens is 3. The van der Waals surface area contributed by atoms with Gasteiger partial charge in [0.2, 0.25) is 0 Å². The Bertz CT molecular complexity index is 468. The van der Waals surface area contributed by atoms with E-state index < -0.39 is 6.10 Å². The van der Waals surface area contributed by atoms with Gasteiger partial charge in [-0.15, -0.1) is 10.2 Å². The van der Waals surface area contributed by atoms with Crippen molar-refractivity contribution in [2.45, 2.75) is 38.5 Å². The molecule has 2 atom stereocenters. The van der Waals surface area contributed by atoms with Gasteiger partial charge in [-0.1, -0.05) is 0 Å². The summed E-state index contributed by atoms with van der Waals surface area (Å²) in [4.78, 5) is 12.0. The molecule has 7 heteroatoms. The summed E-state index contributed by atoms with van der Waals surface area (Å²) in [7, 11) is 0. The molecular formula is C12H18N4O3. The first-order chi connectivity index (χ1) is 9.24. The lowest BCUT2D eigenvalue weighted by atomic mass is 10.1. The minimum Gasteiger partial charge on any atom is -0.376 e. The van der Waals surface area contributed by atoms with Gasteiger partial charge < -0.3 is 19.4 Å². The lowest BCUT2D eigenvalue weighted by molar-refractivity contribution is -0.148. The molecule has 1 N–H and O–H groups in total. The van der Waals surface area contributed by atoms with Crippen molar-refractivity contribution in [1.82, 2.24) is 20.1 Å². The Morgan fingerprint density at radius 1 is 1.42 bits per heavy atom. The van der Waals surface area contributed by atoms with Crippen LogP contribution in [0, 0.1) is 6.92 Å². The van der Waals surface area contributed by atoms with Crippen LogP contribution >= 0.6 is 0 Å². The fraction of sp³-hybridized carbons (Fsp3) is 0.750. The lowest BCUT2D eigenvalue weighted by Crippen LogP contribution is -2.49. The van der Waals surface area contributed by atoms with Gasteiger partial charge in [-0.25, -0.2) is 0 Å². The number of ether oxygens (including phenoxy) is 2. The summed E-state index contributed by atoms with van der Waals surface area (Å²) >= 11 is 0. The molecule has 1 fully saturated rings. The van der Waals surface area contributed by atoms with Gasteiger partial charge in [0, 0.05) is 19.0 Å². The van der Waals surface area contributed by atoms with E-state index in [4.69, 9.17) is 9.47 Å². The molecule has 1 aromatic rings. The highest BCUT2D eigenvalue weighted by Crippen LogP contribution is 2.15. The summed E-state index contributed by atoms with van der Waals surface area (Å²) < 4.78 is 12.7. The van der Waals surface area contributed by atoms with Gasteiger partial charge in [0.25, 0.3) is 5.91 Å². The highest BCUT2D eigenvalue weighted by Gasteiger charge is 2.27. The molecule has 0 spiro atoms. The van der Waals surface area contributed by atoms with Gasteiger partial charge in [0.05, 0.1) is 19.8 Å². The first kappa shape index (κ1) is 12.6. The smallest absolute Gasteiger partial charge is 0.251 e. The van der Waals surface area contributed by atoms with Crippen molar-refractivity contribution in [3.63, 3.8) is 0 Å². The zero-order chi connectivity index (χ0) is 13.2. The van der Waals surface area contributed by atoms with Gasteiger partial charge in [-0.2, -0.15) is 0 Å². The molecule has 0 aliphatic carbocycles. The monoisotopic (exact) mass is 266 g/mol. The van der Waals surface area contributed by atoms with E-state index in [9.17, 15) is 4.79 Å². The molecule has 7 nitrogen and oxygen atoms in total. The van der Waals surface area contributed by atoms with Crippen LogP contribution in [0.15, 0.2) is 0 Å². The van der Waals surface area contributed by atoms with Crippen LogP contribution in [0.5, 0.6) is 0 Å². The second-order valence-corrected chi connectivity index (χ2v) is 4.95. The fourth-order valence-corrected chi connectivity index (χ4v) is 2.51. The maximum Gasteiger partial charge on any atom is 0.251 e. The van der Waals surface area contributed by atoms with Crippen molar-refractivity contribution in [2.75, 3.05) is 19.8 Å². The molecule has 0 bridgehead atoms. The average molecular weight is 266 g/mol. The average Bonchev–Trinajstić information content (AvgIpc) is 2.81. The summed E-state index contributed by atoms with van der Waals surface area (Å²) in [6, 6.07) is 0.111. The van der Waals surface area contributed by atoms with Gasteiger partial charge >= 0.3 is 0 Å². The predicted octanol–water partition coefficient (Wildman–Crippen LogP) is -0.567. The van der Waals surface area contributed by atoms with Crippen LogP contribution in [0.3, 0.4) is 0 Å². The Hall–Kier alpha value is -1.47. The third-order valence-corrected chi connectivity index (χ3v) is 3.59. The number of nitrogens with one attached hydrogen (secondary N) is 1. The van der Waals surface area contributed by atoms with E-state index >= 15 is 0 Å². The molecule has 2 aliphatic heterocycles. The molecule has 19 heavy (non-hydrogen) atoms. The molecule has 0 saturated carbocycles. The minimum absolute atomic E-state index is 0.0844. The van der Waals surface area contributed by atoms with Crippen LogP contribution in [-0.2, 0) is 27.2 Å². The van der Waals surface area contributed by atoms with Crippen LogP contribution in [0.1, 0.15) is 18.1 Å². The minimum atomic E-state index is -0.475. The fourth-order valence-electron chi connectivity index (χ4n) is 2.51. The Balaban J connectivity index is 1.59. The maximum atomic E-state index is 12.0. The van der Waals surface area contributed by atoms with E-state index in [0.717, 1.165) is 31.0 Å². The number of nitrogens with zero attached hydrogens (tertiary/aromatic N) is 3. The highest BCUT2D eigenvalue weighted by atomic mass is 16.6. The summed E-state index contributed by atoms with van der Waals surface area (Å²) in [5.41, 5.74) is 0. The van der Waals surface area contributed by atoms with Crippen molar-refractivity contribution < 1.29 is 14.3 Å². The first-order valence-corrected chi connectivity index (χ1v) is 6.62. The summed E-state index contributed by atoms with van der Waals surface area (Å²) in [5.74, 6) is 1.81. The number of carbonyl (C=O) groups excluding carboxylic acids is 1. The van der Waals surface area contributed by atoms with Crippen molar-refractivity contribution >= 4 is 5.91 Å². The van der Waals surface area contributed by atoms with E-state index in [1.165, 1.54) is 0 Å².